The highest BCUT2D eigenvalue weighted by atomic mass is 16.6. The van der Waals surface area contributed by atoms with Crippen LogP contribution in [0.1, 0.15) is 0 Å². The van der Waals surface area contributed by atoms with Gasteiger partial charge < -0.3 is 20.8 Å². The summed E-state index contributed by atoms with van der Waals surface area (Å²) in [5, 5.41) is 38.1. The van der Waals surface area contributed by atoms with Crippen molar-refractivity contribution in [2.45, 2.75) is 12.5 Å². The van der Waals surface area contributed by atoms with E-state index in [4.69, 9.17) is 0 Å². The lowest BCUT2D eigenvalue weighted by Gasteiger charge is -2.19. The molecule has 4 rings (SSSR count). The SMILES string of the molecule is O=c1[nH]c2nonc2nc1NC(O)C(O)Nc1nc2nonc2[nH]c1=O. The van der Waals surface area contributed by atoms with Crippen LogP contribution in [-0.4, -0.2) is 63.2 Å². The zero-order chi connectivity index (χ0) is 18.3. The third-order valence-electron chi connectivity index (χ3n) is 3.14. The molecule has 0 bridgehead atoms. The van der Waals surface area contributed by atoms with Crippen LogP contribution in [0, 0.1) is 0 Å². The van der Waals surface area contributed by atoms with E-state index in [-0.39, 0.29) is 34.2 Å². The lowest BCUT2D eigenvalue weighted by molar-refractivity contribution is 0.0549. The van der Waals surface area contributed by atoms with Gasteiger partial charge in [0.15, 0.2) is 24.1 Å². The maximum atomic E-state index is 11.8. The van der Waals surface area contributed by atoms with E-state index in [0.29, 0.717) is 0 Å². The van der Waals surface area contributed by atoms with Crippen LogP contribution < -0.4 is 21.8 Å². The Hall–Kier alpha value is -3.92. The molecule has 2 atom stereocenters. The normalized spacial score (nSPS) is 13.8. The van der Waals surface area contributed by atoms with Gasteiger partial charge in [0.1, 0.15) is 0 Å². The Morgan fingerprint density at radius 3 is 1.62 bits per heavy atom. The van der Waals surface area contributed by atoms with Crippen molar-refractivity contribution in [1.29, 1.82) is 0 Å². The zero-order valence-corrected chi connectivity index (χ0v) is 12.4. The van der Waals surface area contributed by atoms with Gasteiger partial charge in [-0.15, -0.1) is 0 Å². The highest BCUT2D eigenvalue weighted by molar-refractivity contribution is 5.65. The first kappa shape index (κ1) is 15.6. The van der Waals surface area contributed by atoms with E-state index >= 15 is 0 Å². The molecule has 0 radical (unpaired) electrons. The van der Waals surface area contributed by atoms with Crippen molar-refractivity contribution in [3.8, 4) is 0 Å². The number of aromatic amines is 2. The van der Waals surface area contributed by atoms with E-state index in [0.717, 1.165) is 0 Å². The van der Waals surface area contributed by atoms with Gasteiger partial charge in [-0.2, -0.15) is 9.97 Å². The fourth-order valence-electron chi connectivity index (χ4n) is 1.95. The molecule has 0 fully saturated rings. The number of aliphatic hydroxyl groups is 2. The van der Waals surface area contributed by atoms with E-state index in [1.165, 1.54) is 0 Å². The maximum Gasteiger partial charge on any atom is 0.292 e. The Morgan fingerprint density at radius 1 is 0.769 bits per heavy atom. The molecule has 16 nitrogen and oxygen atoms in total. The first-order valence-corrected chi connectivity index (χ1v) is 6.85. The molecular formula is C10H8N10O6. The van der Waals surface area contributed by atoms with E-state index < -0.39 is 23.6 Å². The zero-order valence-electron chi connectivity index (χ0n) is 12.4. The summed E-state index contributed by atoms with van der Waals surface area (Å²) < 4.78 is 8.80. The first-order chi connectivity index (χ1) is 12.5. The van der Waals surface area contributed by atoms with Gasteiger partial charge in [0.25, 0.3) is 11.1 Å². The molecule has 0 aliphatic rings. The molecule has 4 heterocycles. The molecule has 0 aliphatic heterocycles. The number of anilines is 2. The second-order valence-corrected chi connectivity index (χ2v) is 4.88. The van der Waals surface area contributed by atoms with Gasteiger partial charge in [-0.1, -0.05) is 0 Å². The quantitative estimate of drug-likeness (QED) is 0.195. The van der Waals surface area contributed by atoms with Crippen LogP contribution in [0.5, 0.6) is 0 Å². The summed E-state index contributed by atoms with van der Waals surface area (Å²) >= 11 is 0. The molecule has 0 aliphatic carbocycles. The first-order valence-electron chi connectivity index (χ1n) is 6.85. The third kappa shape index (κ3) is 2.70. The van der Waals surface area contributed by atoms with Gasteiger partial charge in [0, 0.05) is 0 Å². The average molecular weight is 364 g/mol. The Labute approximate surface area is 139 Å². The van der Waals surface area contributed by atoms with Crippen LogP contribution in [0.25, 0.3) is 22.6 Å². The Kier molecular flexibility index (Phi) is 3.52. The number of hydrogen-bond acceptors (Lipinski definition) is 14. The predicted molar refractivity (Wildman–Crippen MR) is 79.7 cm³/mol. The minimum atomic E-state index is -1.76. The van der Waals surface area contributed by atoms with E-state index in [9.17, 15) is 19.8 Å². The summed E-state index contributed by atoms with van der Waals surface area (Å²) in [5.74, 6) is -0.723. The maximum absolute atomic E-state index is 11.8. The summed E-state index contributed by atoms with van der Waals surface area (Å²) in [6, 6.07) is 0. The number of rotatable bonds is 5. The molecule has 134 valence electrons. The van der Waals surface area contributed by atoms with Crippen molar-refractivity contribution in [2.75, 3.05) is 10.6 Å². The van der Waals surface area contributed by atoms with Crippen molar-refractivity contribution in [3.05, 3.63) is 20.7 Å². The smallest absolute Gasteiger partial charge is 0.292 e. The minimum absolute atomic E-state index is 0.0129. The molecule has 0 saturated carbocycles. The molecule has 4 aromatic heterocycles. The van der Waals surface area contributed by atoms with E-state index in [2.05, 4.69) is 60.5 Å². The van der Waals surface area contributed by atoms with Crippen molar-refractivity contribution in [1.82, 2.24) is 40.6 Å². The topological polar surface area (TPSA) is 234 Å². The summed E-state index contributed by atoms with van der Waals surface area (Å²) in [7, 11) is 0. The lowest BCUT2D eigenvalue weighted by atomic mass is 10.4. The molecule has 4 aromatic rings. The Morgan fingerprint density at radius 2 is 1.19 bits per heavy atom. The Balaban J connectivity index is 1.53. The molecule has 6 N–H and O–H groups in total. The third-order valence-corrected chi connectivity index (χ3v) is 3.14. The van der Waals surface area contributed by atoms with Gasteiger partial charge in [0.05, 0.1) is 0 Å². The highest BCUT2D eigenvalue weighted by Gasteiger charge is 2.21. The van der Waals surface area contributed by atoms with Crippen LogP contribution >= 0.6 is 0 Å². The molecule has 0 amide bonds. The number of aromatic nitrogens is 8. The van der Waals surface area contributed by atoms with Crippen molar-refractivity contribution in [2.24, 2.45) is 0 Å². The van der Waals surface area contributed by atoms with Gasteiger partial charge >= 0.3 is 0 Å². The minimum Gasteiger partial charge on any atom is -0.369 e. The van der Waals surface area contributed by atoms with Crippen LogP contribution in [-0.2, 0) is 0 Å². The molecule has 16 heteroatoms. The number of nitrogens with one attached hydrogen (secondary N) is 4. The predicted octanol–water partition coefficient (Wildman–Crippen LogP) is -2.91. The second-order valence-electron chi connectivity index (χ2n) is 4.88. The molecule has 0 spiro atoms. The average Bonchev–Trinajstić information content (AvgIpc) is 3.23. The van der Waals surface area contributed by atoms with Crippen LogP contribution in [0.4, 0.5) is 11.6 Å². The number of hydrogen-bond donors (Lipinski definition) is 6. The molecular weight excluding hydrogens is 356 g/mol. The van der Waals surface area contributed by atoms with E-state index in [1.807, 2.05) is 0 Å². The van der Waals surface area contributed by atoms with Gasteiger partial charge in [-0.25, -0.2) is 9.26 Å². The summed E-state index contributed by atoms with van der Waals surface area (Å²) in [6.45, 7) is 0. The van der Waals surface area contributed by atoms with Crippen molar-refractivity contribution < 1.29 is 19.5 Å². The molecule has 0 aromatic carbocycles. The number of H-pyrrole nitrogens is 2. The standard InChI is InChI=1S/C10H8N10O6/c21-7-5(11-1-3(13-7)19-25-17-1)15-9(23)10(24)16-6-8(22)14-4-2(12-6)18-26-20-4/h9-10,23-24H,(H,11,15,17)(H,12,16,18)(H,13,19,21)(H,14,20,22). The second kappa shape index (κ2) is 5.86. The monoisotopic (exact) mass is 364 g/mol. The fraction of sp³-hybridized carbons (Fsp3) is 0.200. The molecule has 0 saturated heterocycles. The Bertz CT molecular complexity index is 1100. The lowest BCUT2D eigenvalue weighted by Crippen LogP contribution is -2.42. The van der Waals surface area contributed by atoms with Crippen LogP contribution in [0.3, 0.4) is 0 Å². The highest BCUT2D eigenvalue weighted by Crippen LogP contribution is 2.07. The van der Waals surface area contributed by atoms with Crippen molar-refractivity contribution in [3.63, 3.8) is 0 Å². The summed E-state index contributed by atoms with van der Waals surface area (Å²) in [5.41, 5.74) is -1.51. The summed E-state index contributed by atoms with van der Waals surface area (Å²) in [6.07, 6.45) is -3.51. The molecule has 26 heavy (non-hydrogen) atoms. The van der Waals surface area contributed by atoms with Crippen LogP contribution in [0.2, 0.25) is 0 Å². The van der Waals surface area contributed by atoms with Gasteiger partial charge in [-0.3, -0.25) is 19.6 Å². The molecule has 2 unspecified atom stereocenters. The fourth-order valence-corrected chi connectivity index (χ4v) is 1.95. The van der Waals surface area contributed by atoms with Crippen molar-refractivity contribution >= 4 is 34.2 Å². The number of aliphatic hydroxyl groups excluding tert-OH is 2. The van der Waals surface area contributed by atoms with Gasteiger partial charge in [-0.05, 0) is 20.6 Å². The van der Waals surface area contributed by atoms with E-state index in [1.54, 1.807) is 0 Å². The largest absolute Gasteiger partial charge is 0.369 e. The number of nitrogens with zero attached hydrogens (tertiary/aromatic N) is 6. The van der Waals surface area contributed by atoms with Gasteiger partial charge in [0.2, 0.25) is 22.6 Å². The summed E-state index contributed by atoms with van der Waals surface area (Å²) in [4.78, 5) is 35.8. The van der Waals surface area contributed by atoms with Crippen LogP contribution in [0.15, 0.2) is 18.8 Å². The number of fused-ring (bicyclic) bond motifs is 2.